The predicted molar refractivity (Wildman–Crippen MR) is 146 cm³/mol. The number of fused-ring (bicyclic) bond motifs is 2. The van der Waals surface area contributed by atoms with E-state index >= 15 is 0 Å². The lowest BCUT2D eigenvalue weighted by Crippen LogP contribution is -2.10. The van der Waals surface area contributed by atoms with Crippen LogP contribution >= 0.6 is 0 Å². The minimum absolute atomic E-state index is 0.0481. The van der Waals surface area contributed by atoms with Gasteiger partial charge in [0.25, 0.3) is 0 Å². The van der Waals surface area contributed by atoms with E-state index in [4.69, 9.17) is 0 Å². The minimum atomic E-state index is -0.283. The van der Waals surface area contributed by atoms with E-state index in [1.165, 1.54) is 12.1 Å². The summed E-state index contributed by atoms with van der Waals surface area (Å²) in [6, 6.07) is 10.8. The maximum atomic E-state index is 14.1. The fourth-order valence-electron chi connectivity index (χ4n) is 4.68. The molecule has 0 saturated heterocycles. The molecule has 0 atom stereocenters. The maximum Gasteiger partial charge on any atom is 0.224 e. The van der Waals surface area contributed by atoms with Gasteiger partial charge in [-0.1, -0.05) is 13.0 Å². The molecule has 0 spiro atoms. The van der Waals surface area contributed by atoms with Crippen LogP contribution in [0.1, 0.15) is 25.3 Å². The van der Waals surface area contributed by atoms with Gasteiger partial charge in [0.15, 0.2) is 0 Å². The summed E-state index contributed by atoms with van der Waals surface area (Å²) in [6.07, 6.45) is 9.79. The minimum Gasteiger partial charge on any atom is -0.352 e. The number of nitrogens with zero attached hydrogens (tertiary/aromatic N) is 4. The zero-order chi connectivity index (χ0) is 26.2. The number of rotatable bonds is 6. The Balaban J connectivity index is 1.41. The van der Waals surface area contributed by atoms with Gasteiger partial charge in [-0.05, 0) is 54.8 Å². The SMILES string of the molecule is CCCC(=O)Nc1cncc(-c2cc3c(-c4cc5c(-c6cc(C)cc(F)c6)cncc5[nH]4)n[nH]c3cn2)c1. The van der Waals surface area contributed by atoms with Gasteiger partial charge < -0.3 is 10.3 Å². The largest absolute Gasteiger partial charge is 0.352 e. The van der Waals surface area contributed by atoms with Gasteiger partial charge in [0.1, 0.15) is 11.5 Å². The number of hydrogen-bond acceptors (Lipinski definition) is 5. The number of halogens is 1. The molecular formula is C29H24FN7O. The van der Waals surface area contributed by atoms with E-state index in [-0.39, 0.29) is 11.7 Å². The van der Waals surface area contributed by atoms with Gasteiger partial charge in [-0.15, -0.1) is 0 Å². The highest BCUT2D eigenvalue weighted by atomic mass is 19.1. The second-order valence-electron chi connectivity index (χ2n) is 9.30. The topological polar surface area (TPSA) is 112 Å². The number of pyridine rings is 3. The molecule has 0 saturated carbocycles. The van der Waals surface area contributed by atoms with E-state index < -0.39 is 0 Å². The molecule has 6 aromatic rings. The number of hydrogen-bond donors (Lipinski definition) is 3. The van der Waals surface area contributed by atoms with Gasteiger partial charge in [0, 0.05) is 40.7 Å². The Morgan fingerprint density at radius 1 is 0.921 bits per heavy atom. The molecule has 0 bridgehead atoms. The van der Waals surface area contributed by atoms with Crippen LogP contribution in [0.4, 0.5) is 10.1 Å². The molecule has 1 aromatic carbocycles. The van der Waals surface area contributed by atoms with E-state index in [9.17, 15) is 9.18 Å². The summed E-state index contributed by atoms with van der Waals surface area (Å²) in [4.78, 5) is 28.7. The van der Waals surface area contributed by atoms with Crippen molar-refractivity contribution in [2.24, 2.45) is 0 Å². The Labute approximate surface area is 217 Å². The molecule has 0 fully saturated rings. The number of amides is 1. The molecule has 0 aliphatic rings. The zero-order valence-electron chi connectivity index (χ0n) is 20.8. The molecule has 0 radical (unpaired) electrons. The Morgan fingerprint density at radius 2 is 1.79 bits per heavy atom. The first kappa shape index (κ1) is 23.5. The van der Waals surface area contributed by atoms with Gasteiger partial charge in [-0.3, -0.25) is 24.8 Å². The Kier molecular flexibility index (Phi) is 5.88. The lowest BCUT2D eigenvalue weighted by atomic mass is 10.0. The summed E-state index contributed by atoms with van der Waals surface area (Å²) in [6.45, 7) is 3.83. The molecule has 0 unspecified atom stereocenters. The van der Waals surface area contributed by atoms with Crippen molar-refractivity contribution in [2.75, 3.05) is 5.32 Å². The third kappa shape index (κ3) is 4.39. The lowest BCUT2D eigenvalue weighted by Gasteiger charge is -2.06. The quantitative estimate of drug-likeness (QED) is 0.242. The van der Waals surface area contributed by atoms with Gasteiger partial charge in [-0.25, -0.2) is 4.39 Å². The van der Waals surface area contributed by atoms with Gasteiger partial charge in [0.05, 0.1) is 46.7 Å². The third-order valence-corrected chi connectivity index (χ3v) is 6.40. The summed E-state index contributed by atoms with van der Waals surface area (Å²) < 4.78 is 14.1. The molecule has 5 heterocycles. The summed E-state index contributed by atoms with van der Waals surface area (Å²) in [7, 11) is 0. The molecule has 38 heavy (non-hydrogen) atoms. The van der Waals surface area contributed by atoms with E-state index in [0.717, 1.165) is 61.9 Å². The molecule has 9 heteroatoms. The monoisotopic (exact) mass is 505 g/mol. The van der Waals surface area contributed by atoms with Crippen LogP contribution in [0.25, 0.3) is 55.6 Å². The highest BCUT2D eigenvalue weighted by molar-refractivity contribution is 6.01. The van der Waals surface area contributed by atoms with Gasteiger partial charge >= 0.3 is 0 Å². The van der Waals surface area contributed by atoms with Crippen LogP contribution in [-0.4, -0.2) is 36.0 Å². The summed E-state index contributed by atoms with van der Waals surface area (Å²) in [5, 5.41) is 12.3. The molecule has 1 amide bonds. The van der Waals surface area contributed by atoms with Crippen LogP contribution in [0.2, 0.25) is 0 Å². The van der Waals surface area contributed by atoms with Crippen LogP contribution in [-0.2, 0) is 4.79 Å². The van der Waals surface area contributed by atoms with Crippen LogP contribution in [0.15, 0.2) is 67.4 Å². The third-order valence-electron chi connectivity index (χ3n) is 6.40. The number of aromatic nitrogens is 6. The summed E-state index contributed by atoms with van der Waals surface area (Å²) in [5.41, 5.74) is 7.67. The van der Waals surface area contributed by atoms with Crippen molar-refractivity contribution in [1.82, 2.24) is 30.1 Å². The van der Waals surface area contributed by atoms with Crippen molar-refractivity contribution in [3.05, 3.63) is 78.8 Å². The van der Waals surface area contributed by atoms with E-state index in [0.29, 0.717) is 17.8 Å². The molecule has 8 nitrogen and oxygen atoms in total. The molecule has 188 valence electrons. The number of anilines is 1. The Bertz CT molecular complexity index is 1800. The number of carbonyl (C=O) groups is 1. The van der Waals surface area contributed by atoms with Gasteiger partial charge in [0.2, 0.25) is 5.91 Å². The molecule has 6 rings (SSSR count). The predicted octanol–water partition coefficient (Wildman–Crippen LogP) is 6.42. The normalized spacial score (nSPS) is 11.3. The van der Waals surface area contributed by atoms with Crippen molar-refractivity contribution in [1.29, 1.82) is 0 Å². The molecular weight excluding hydrogens is 481 g/mol. The lowest BCUT2D eigenvalue weighted by molar-refractivity contribution is -0.116. The maximum absolute atomic E-state index is 14.1. The average Bonchev–Trinajstić information content (AvgIpc) is 3.52. The Morgan fingerprint density at radius 3 is 2.63 bits per heavy atom. The summed E-state index contributed by atoms with van der Waals surface area (Å²) in [5.74, 6) is -0.331. The molecule has 0 aliphatic carbocycles. The average molecular weight is 506 g/mol. The first-order valence-corrected chi connectivity index (χ1v) is 12.3. The number of H-pyrrole nitrogens is 2. The first-order chi connectivity index (χ1) is 18.5. The van der Waals surface area contributed by atoms with E-state index in [1.54, 1.807) is 31.0 Å². The van der Waals surface area contributed by atoms with Crippen molar-refractivity contribution in [2.45, 2.75) is 26.7 Å². The second kappa shape index (κ2) is 9.51. The Hall–Kier alpha value is -4.92. The standard InChI is InChI=1S/C29H24FN7O/c1-3-4-28(38)34-20-8-18(11-31-12-20)24-10-22-27(15-33-24)36-37-29(22)25-9-21-23(13-32-14-26(21)35-25)17-5-16(2)6-19(30)7-17/h5-15,35H,3-4H2,1-2H3,(H,34,38)(H,36,37). The van der Waals surface area contributed by atoms with Crippen LogP contribution in [0.3, 0.4) is 0 Å². The van der Waals surface area contributed by atoms with Crippen LogP contribution in [0, 0.1) is 12.7 Å². The smallest absolute Gasteiger partial charge is 0.224 e. The van der Waals surface area contributed by atoms with Crippen molar-refractivity contribution in [3.63, 3.8) is 0 Å². The van der Waals surface area contributed by atoms with Crippen LogP contribution < -0.4 is 5.32 Å². The zero-order valence-corrected chi connectivity index (χ0v) is 20.8. The first-order valence-electron chi connectivity index (χ1n) is 12.3. The number of carbonyl (C=O) groups excluding carboxylic acids is 1. The number of benzene rings is 1. The van der Waals surface area contributed by atoms with Crippen molar-refractivity contribution < 1.29 is 9.18 Å². The highest BCUT2D eigenvalue weighted by Crippen LogP contribution is 2.35. The number of aryl methyl sites for hydroxylation is 1. The fourth-order valence-corrected chi connectivity index (χ4v) is 4.68. The van der Waals surface area contributed by atoms with Crippen molar-refractivity contribution >= 4 is 33.4 Å². The molecule has 5 aromatic heterocycles. The molecule has 0 aliphatic heterocycles. The summed E-state index contributed by atoms with van der Waals surface area (Å²) >= 11 is 0. The van der Waals surface area contributed by atoms with Crippen molar-refractivity contribution in [3.8, 4) is 33.8 Å². The highest BCUT2D eigenvalue weighted by Gasteiger charge is 2.16. The fraction of sp³-hybridized carbons (Fsp3) is 0.138. The van der Waals surface area contributed by atoms with Gasteiger partial charge in [-0.2, -0.15) is 5.10 Å². The number of nitrogens with one attached hydrogen (secondary N) is 3. The number of aromatic amines is 2. The van der Waals surface area contributed by atoms with E-state index in [1.807, 2.05) is 38.1 Å². The second-order valence-corrected chi connectivity index (χ2v) is 9.30. The van der Waals surface area contributed by atoms with E-state index in [2.05, 4.69) is 35.5 Å². The van der Waals surface area contributed by atoms with Crippen LogP contribution in [0.5, 0.6) is 0 Å². The molecule has 3 N–H and O–H groups in total.